The van der Waals surface area contributed by atoms with Gasteiger partial charge in [-0.3, -0.25) is 4.79 Å². The molecule has 0 bridgehead atoms. The Labute approximate surface area is 234 Å². The topological polar surface area (TPSA) is 105 Å². The van der Waals surface area contributed by atoms with Crippen molar-refractivity contribution >= 4 is 83.4 Å². The van der Waals surface area contributed by atoms with Gasteiger partial charge in [0, 0.05) is 13.1 Å². The van der Waals surface area contributed by atoms with Crippen molar-refractivity contribution in [3.63, 3.8) is 0 Å². The molecule has 0 aromatic carbocycles. The number of hydrogen-bond donors (Lipinski definition) is 1. The monoisotopic (exact) mass is 525 g/mol. The first-order chi connectivity index (χ1) is 12.0. The molecular formula is C14H26KN5O2P2S4. The molecule has 154 valence electrons. The zero-order valence-corrected chi connectivity index (χ0v) is 25.7. The third-order valence-corrected chi connectivity index (χ3v) is 5.96. The quantitative estimate of drug-likeness (QED) is 0.107. The number of ether oxygens (including phenoxy) is 1. The summed E-state index contributed by atoms with van der Waals surface area (Å²) in [7, 11) is 0. The Hall–Kier alpha value is 1.44. The summed E-state index contributed by atoms with van der Waals surface area (Å²) in [6, 6.07) is 0. The fourth-order valence-corrected chi connectivity index (χ4v) is 4.44. The molecule has 1 aliphatic rings. The Morgan fingerprint density at radius 2 is 2.00 bits per heavy atom. The van der Waals surface area contributed by atoms with Gasteiger partial charge in [-0.25, -0.2) is 4.98 Å². The van der Waals surface area contributed by atoms with Crippen molar-refractivity contribution in [2.45, 2.75) is 18.2 Å². The van der Waals surface area contributed by atoms with Gasteiger partial charge in [-0.1, -0.05) is 25.6 Å². The normalized spacial score (nSPS) is 12.9. The Morgan fingerprint density at radius 1 is 1.39 bits per heavy atom. The summed E-state index contributed by atoms with van der Waals surface area (Å²) in [4.78, 5) is 22.0. The van der Waals surface area contributed by atoms with Gasteiger partial charge in [0.1, 0.15) is 10.7 Å². The Morgan fingerprint density at radius 3 is 2.50 bits per heavy atom. The van der Waals surface area contributed by atoms with Crippen LogP contribution in [0.3, 0.4) is 0 Å². The van der Waals surface area contributed by atoms with E-state index in [2.05, 4.69) is 22.6 Å². The fourth-order valence-electron chi connectivity index (χ4n) is 1.76. The van der Waals surface area contributed by atoms with Gasteiger partial charge in [-0.2, -0.15) is 30.1 Å². The molecule has 1 aliphatic heterocycles. The van der Waals surface area contributed by atoms with Gasteiger partial charge in [0.2, 0.25) is 6.19 Å². The van der Waals surface area contributed by atoms with E-state index in [1.807, 2.05) is 13.8 Å². The van der Waals surface area contributed by atoms with Crippen LogP contribution in [0.25, 0.3) is 0 Å². The molecular weight excluding hydrogens is 500 g/mol. The van der Waals surface area contributed by atoms with E-state index in [1.54, 1.807) is 22.9 Å². The number of thiazole rings is 1. The number of aromatic nitrogens is 1. The molecule has 1 aromatic rings. The van der Waals surface area contributed by atoms with Crippen molar-refractivity contribution in [1.82, 2.24) is 9.88 Å². The molecule has 0 saturated carbocycles. The maximum absolute atomic E-state index is 12.2. The number of anilines is 1. The summed E-state index contributed by atoms with van der Waals surface area (Å²) in [6.45, 7) is 6.47. The van der Waals surface area contributed by atoms with Crippen LogP contribution in [0.1, 0.15) is 23.5 Å². The maximum Gasteiger partial charge on any atom is 1.00 e. The van der Waals surface area contributed by atoms with Crippen LogP contribution in [0.2, 0.25) is 0 Å². The first kappa shape index (κ1) is 34.1. The molecule has 2 unspecified atom stereocenters. The minimum absolute atomic E-state index is 0. The van der Waals surface area contributed by atoms with E-state index in [9.17, 15) is 4.79 Å². The zero-order valence-electron chi connectivity index (χ0n) is 16.5. The minimum Gasteiger partial charge on any atom is -0.752 e. The van der Waals surface area contributed by atoms with E-state index < -0.39 is 0 Å². The number of amides is 1. The number of aliphatic imine (C=N–C) groups is 1. The summed E-state index contributed by atoms with van der Waals surface area (Å²) in [5.41, 5.74) is 5.79. The molecule has 1 amide bonds. The number of nitriles is 1. The van der Waals surface area contributed by atoms with Gasteiger partial charge in [-0.15, -0.1) is 23.1 Å². The molecule has 14 heteroatoms. The first-order valence-corrected chi connectivity index (χ1v) is 10.8. The molecule has 2 rings (SSSR count). The predicted molar refractivity (Wildman–Crippen MR) is 130 cm³/mol. The molecule has 0 aliphatic carbocycles. The van der Waals surface area contributed by atoms with Crippen LogP contribution >= 0.6 is 54.7 Å². The SMILES string of the molecule is CCSC([S-])=NC#N.CCSc1nc(N)c(C(=O)N2CCOCC2)s1.P.P.[K+]. The van der Waals surface area contributed by atoms with Crippen LogP contribution in [0.4, 0.5) is 5.82 Å². The summed E-state index contributed by atoms with van der Waals surface area (Å²) in [6.07, 6.45) is 1.62. The minimum atomic E-state index is -0.0220. The van der Waals surface area contributed by atoms with Crippen molar-refractivity contribution in [2.75, 3.05) is 43.5 Å². The number of hydrogen-bond acceptors (Lipinski definition) is 10. The summed E-state index contributed by atoms with van der Waals surface area (Å²) >= 11 is 9.01. The average molecular weight is 526 g/mol. The third kappa shape index (κ3) is 13.0. The number of rotatable bonds is 4. The smallest absolute Gasteiger partial charge is 0.752 e. The predicted octanol–water partition coefficient (Wildman–Crippen LogP) is -0.447. The number of nitrogen functional groups attached to an aromatic ring is 1. The molecule has 2 atom stereocenters. The van der Waals surface area contributed by atoms with E-state index >= 15 is 0 Å². The van der Waals surface area contributed by atoms with Gasteiger partial charge in [0.05, 0.1) is 13.2 Å². The van der Waals surface area contributed by atoms with E-state index in [1.165, 1.54) is 23.1 Å². The van der Waals surface area contributed by atoms with E-state index in [0.29, 0.717) is 41.4 Å². The van der Waals surface area contributed by atoms with Crippen molar-refractivity contribution in [2.24, 2.45) is 4.99 Å². The standard InChI is InChI=1S/C10H15N3O2S2.C4H6N2S2.K.2H3P/c1-2-16-10-12-8(11)7(17-10)9(14)13-3-5-15-6-4-13;1-2-8-4(7)6-3-5;;;/h2-6,11H2,1H3;2H2,1H3,(H,6,7);;2*1H3/q;;+1;;/p-1. The van der Waals surface area contributed by atoms with Crippen molar-refractivity contribution in [3.8, 4) is 6.19 Å². The molecule has 1 fully saturated rings. The maximum atomic E-state index is 12.2. The third-order valence-electron chi connectivity index (χ3n) is 2.80. The van der Waals surface area contributed by atoms with Crippen molar-refractivity contribution in [1.29, 1.82) is 5.26 Å². The van der Waals surface area contributed by atoms with Crippen molar-refractivity contribution < 1.29 is 60.9 Å². The second-order valence-corrected chi connectivity index (χ2v) is 8.85. The van der Waals surface area contributed by atoms with Gasteiger partial charge < -0.3 is 28.0 Å². The number of nitrogens with zero attached hydrogens (tertiary/aromatic N) is 4. The molecule has 1 aromatic heterocycles. The van der Waals surface area contributed by atoms with Crippen LogP contribution in [0.5, 0.6) is 0 Å². The second-order valence-electron chi connectivity index (χ2n) is 4.44. The van der Waals surface area contributed by atoms with Crippen LogP contribution in [0, 0.1) is 11.5 Å². The first-order valence-electron chi connectivity index (χ1n) is 7.56. The number of carbonyl (C=O) groups is 1. The number of morpholine rings is 1. The van der Waals surface area contributed by atoms with Crippen LogP contribution in [-0.4, -0.2) is 58.0 Å². The number of carbonyl (C=O) groups excluding carboxylic acids is 1. The van der Waals surface area contributed by atoms with Crippen LogP contribution in [-0.2, 0) is 17.4 Å². The Bertz CT molecular complexity index is 640. The second kappa shape index (κ2) is 20.3. The Kier molecular flexibility index (Phi) is 24.7. The molecule has 0 spiro atoms. The number of nitrogens with two attached hydrogens (primary N) is 1. The zero-order chi connectivity index (χ0) is 18.7. The fraction of sp³-hybridized carbons (Fsp3) is 0.571. The molecule has 0 radical (unpaired) electrons. The summed E-state index contributed by atoms with van der Waals surface area (Å²) in [5, 5.41) is 7.95. The number of thioether (sulfide) groups is 2. The molecule has 1 saturated heterocycles. The molecule has 2 N–H and O–H groups in total. The largest absolute Gasteiger partial charge is 1.00 e. The molecule has 28 heavy (non-hydrogen) atoms. The van der Waals surface area contributed by atoms with Crippen LogP contribution < -0.4 is 57.1 Å². The van der Waals surface area contributed by atoms with Gasteiger partial charge >= 0.3 is 51.4 Å². The van der Waals surface area contributed by atoms with Gasteiger partial charge in [0.15, 0.2) is 4.34 Å². The average Bonchev–Trinajstić information content (AvgIpc) is 2.97. The van der Waals surface area contributed by atoms with Crippen LogP contribution in [0.15, 0.2) is 9.33 Å². The van der Waals surface area contributed by atoms with Gasteiger partial charge in [-0.05, 0) is 15.9 Å². The summed E-state index contributed by atoms with van der Waals surface area (Å²) < 4.78 is 6.51. The van der Waals surface area contributed by atoms with Crippen molar-refractivity contribution in [3.05, 3.63) is 4.88 Å². The van der Waals surface area contributed by atoms with E-state index in [-0.39, 0.29) is 77.1 Å². The van der Waals surface area contributed by atoms with E-state index in [0.717, 1.165) is 15.8 Å². The van der Waals surface area contributed by atoms with Gasteiger partial charge in [0.25, 0.3) is 5.91 Å². The van der Waals surface area contributed by atoms with E-state index in [4.69, 9.17) is 15.7 Å². The molecule has 2 heterocycles. The summed E-state index contributed by atoms with van der Waals surface area (Å²) in [5.74, 6) is 2.14. The Balaban J connectivity index is -0.000000497. The molecule has 7 nitrogen and oxygen atoms in total.